The van der Waals surface area contributed by atoms with Crippen LogP contribution >= 0.6 is 0 Å². The van der Waals surface area contributed by atoms with Gasteiger partial charge in [0.2, 0.25) is 17.7 Å². The summed E-state index contributed by atoms with van der Waals surface area (Å²) in [6, 6.07) is 3.03. The molecule has 0 saturated heterocycles. The summed E-state index contributed by atoms with van der Waals surface area (Å²) < 4.78 is 4.96. The molecule has 0 spiro atoms. The summed E-state index contributed by atoms with van der Waals surface area (Å²) in [6.45, 7) is 5.53. The number of hydrogen-bond acceptors (Lipinski definition) is 4. The first-order valence-corrected chi connectivity index (χ1v) is 6.47. The van der Waals surface area contributed by atoms with Gasteiger partial charge in [-0.3, -0.25) is 9.59 Å². The van der Waals surface area contributed by atoms with Gasteiger partial charge in [-0.15, -0.1) is 0 Å². The number of carbonyl (C=O) groups is 2. The van der Waals surface area contributed by atoms with Crippen LogP contribution in [0.1, 0.15) is 26.3 Å². The minimum absolute atomic E-state index is 0.0212. The van der Waals surface area contributed by atoms with Crippen molar-refractivity contribution in [3.8, 4) is 5.88 Å². The van der Waals surface area contributed by atoms with Gasteiger partial charge in [0, 0.05) is 25.7 Å². The molecule has 1 aromatic rings. The second-order valence-corrected chi connectivity index (χ2v) is 4.85. The van der Waals surface area contributed by atoms with E-state index in [0.29, 0.717) is 12.4 Å². The van der Waals surface area contributed by atoms with Crippen LogP contribution in [0.3, 0.4) is 0 Å². The Morgan fingerprint density at radius 3 is 2.50 bits per heavy atom. The summed E-state index contributed by atoms with van der Waals surface area (Å²) in [4.78, 5) is 27.2. The van der Waals surface area contributed by atoms with Crippen molar-refractivity contribution in [2.45, 2.75) is 33.4 Å². The first kappa shape index (κ1) is 15.9. The lowest BCUT2D eigenvalue weighted by molar-refractivity contribution is -0.129. The van der Waals surface area contributed by atoms with Crippen molar-refractivity contribution >= 4 is 11.8 Å². The highest BCUT2D eigenvalue weighted by molar-refractivity contribution is 5.86. The Labute approximate surface area is 118 Å². The van der Waals surface area contributed by atoms with Crippen LogP contribution in [0, 0.1) is 5.92 Å². The molecule has 0 aromatic carbocycles. The Morgan fingerprint density at radius 1 is 1.35 bits per heavy atom. The third-order valence-corrected chi connectivity index (χ3v) is 2.78. The smallest absolute Gasteiger partial charge is 0.243 e. The Kier molecular flexibility index (Phi) is 5.96. The van der Waals surface area contributed by atoms with Crippen molar-refractivity contribution in [3.63, 3.8) is 0 Å². The summed E-state index contributed by atoms with van der Waals surface area (Å²) >= 11 is 0. The highest BCUT2D eigenvalue weighted by Gasteiger charge is 2.22. The Morgan fingerprint density at radius 2 is 2.05 bits per heavy atom. The molecule has 20 heavy (non-hydrogen) atoms. The van der Waals surface area contributed by atoms with Gasteiger partial charge in [0.1, 0.15) is 6.04 Å². The standard InChI is InChI=1S/C14H21N3O3/c1-9(2)13(17-10(3)18)14(19)16-8-11-5-6-12(20-4)15-7-11/h5-7,9,13H,8H2,1-4H3,(H,16,19)(H,17,18). The molecule has 6 nitrogen and oxygen atoms in total. The summed E-state index contributed by atoms with van der Waals surface area (Å²) in [5.41, 5.74) is 0.865. The van der Waals surface area contributed by atoms with Crippen LogP contribution in [0.4, 0.5) is 0 Å². The van der Waals surface area contributed by atoms with Crippen LogP contribution in [0.5, 0.6) is 5.88 Å². The van der Waals surface area contributed by atoms with Gasteiger partial charge in [-0.2, -0.15) is 0 Å². The van der Waals surface area contributed by atoms with E-state index >= 15 is 0 Å². The molecule has 0 bridgehead atoms. The zero-order valence-electron chi connectivity index (χ0n) is 12.3. The zero-order valence-corrected chi connectivity index (χ0v) is 12.3. The van der Waals surface area contributed by atoms with Gasteiger partial charge in [0.05, 0.1) is 7.11 Å². The highest BCUT2D eigenvalue weighted by atomic mass is 16.5. The predicted molar refractivity (Wildman–Crippen MR) is 75.1 cm³/mol. The Hall–Kier alpha value is -2.11. The van der Waals surface area contributed by atoms with E-state index in [-0.39, 0.29) is 17.7 Å². The van der Waals surface area contributed by atoms with Crippen molar-refractivity contribution < 1.29 is 14.3 Å². The fourth-order valence-corrected chi connectivity index (χ4v) is 1.69. The molecule has 1 aromatic heterocycles. The number of nitrogens with zero attached hydrogens (tertiary/aromatic N) is 1. The molecule has 1 unspecified atom stereocenters. The summed E-state index contributed by atoms with van der Waals surface area (Å²) in [6.07, 6.45) is 1.64. The molecular formula is C14H21N3O3. The number of rotatable bonds is 6. The number of carbonyl (C=O) groups excluding carboxylic acids is 2. The molecule has 1 atom stereocenters. The third-order valence-electron chi connectivity index (χ3n) is 2.78. The van der Waals surface area contributed by atoms with Crippen molar-refractivity contribution in [1.29, 1.82) is 0 Å². The van der Waals surface area contributed by atoms with Gasteiger partial charge in [0.25, 0.3) is 0 Å². The van der Waals surface area contributed by atoms with Crippen molar-refractivity contribution in [1.82, 2.24) is 15.6 Å². The molecular weight excluding hydrogens is 258 g/mol. The normalized spacial score (nSPS) is 11.8. The van der Waals surface area contributed by atoms with Gasteiger partial charge in [-0.05, 0) is 11.5 Å². The molecule has 0 fully saturated rings. The first-order valence-electron chi connectivity index (χ1n) is 6.47. The zero-order chi connectivity index (χ0) is 15.1. The Balaban J connectivity index is 2.57. The monoisotopic (exact) mass is 279 g/mol. The number of pyridine rings is 1. The number of amides is 2. The van der Waals surface area contributed by atoms with E-state index in [1.165, 1.54) is 6.92 Å². The average molecular weight is 279 g/mol. The van der Waals surface area contributed by atoms with Gasteiger partial charge in [0.15, 0.2) is 0 Å². The Bertz CT molecular complexity index is 457. The van der Waals surface area contributed by atoms with Crippen LogP contribution in [0.25, 0.3) is 0 Å². The van der Waals surface area contributed by atoms with Crippen LogP contribution in [0.2, 0.25) is 0 Å². The van der Waals surface area contributed by atoms with Gasteiger partial charge in [-0.1, -0.05) is 19.9 Å². The van der Waals surface area contributed by atoms with Crippen molar-refractivity contribution in [2.24, 2.45) is 5.92 Å². The largest absolute Gasteiger partial charge is 0.481 e. The van der Waals surface area contributed by atoms with Gasteiger partial charge >= 0.3 is 0 Å². The lowest BCUT2D eigenvalue weighted by Crippen LogP contribution is -2.48. The molecule has 1 rings (SSSR count). The molecule has 6 heteroatoms. The van der Waals surface area contributed by atoms with Crippen LogP contribution in [-0.2, 0) is 16.1 Å². The molecule has 2 amide bonds. The van der Waals surface area contributed by atoms with E-state index < -0.39 is 6.04 Å². The fraction of sp³-hybridized carbons (Fsp3) is 0.500. The lowest BCUT2D eigenvalue weighted by atomic mass is 10.0. The minimum Gasteiger partial charge on any atom is -0.481 e. The maximum Gasteiger partial charge on any atom is 0.243 e. The molecule has 0 saturated carbocycles. The molecule has 0 aliphatic rings. The van der Waals surface area contributed by atoms with Crippen LogP contribution in [-0.4, -0.2) is 29.9 Å². The van der Waals surface area contributed by atoms with Gasteiger partial charge in [-0.25, -0.2) is 4.98 Å². The minimum atomic E-state index is -0.529. The second-order valence-electron chi connectivity index (χ2n) is 4.85. The van der Waals surface area contributed by atoms with E-state index in [4.69, 9.17) is 4.74 Å². The number of nitrogens with one attached hydrogen (secondary N) is 2. The molecule has 2 N–H and O–H groups in total. The fourth-order valence-electron chi connectivity index (χ4n) is 1.69. The molecule has 110 valence electrons. The molecule has 0 aliphatic heterocycles. The number of methoxy groups -OCH3 is 1. The van der Waals surface area contributed by atoms with E-state index in [9.17, 15) is 9.59 Å². The summed E-state index contributed by atoms with van der Waals surface area (Å²) in [7, 11) is 1.55. The third kappa shape index (κ3) is 4.87. The van der Waals surface area contributed by atoms with Crippen molar-refractivity contribution in [2.75, 3.05) is 7.11 Å². The number of hydrogen-bond donors (Lipinski definition) is 2. The number of ether oxygens (including phenoxy) is 1. The van der Waals surface area contributed by atoms with E-state index in [1.807, 2.05) is 19.9 Å². The SMILES string of the molecule is COc1ccc(CNC(=O)C(NC(C)=O)C(C)C)cn1. The van der Waals surface area contributed by atoms with Gasteiger partial charge < -0.3 is 15.4 Å². The van der Waals surface area contributed by atoms with Crippen molar-refractivity contribution in [3.05, 3.63) is 23.9 Å². The van der Waals surface area contributed by atoms with E-state index in [1.54, 1.807) is 19.4 Å². The first-order chi connectivity index (χ1) is 9.43. The summed E-state index contributed by atoms with van der Waals surface area (Å²) in [5.74, 6) is 0.127. The average Bonchev–Trinajstić information content (AvgIpc) is 2.42. The summed E-state index contributed by atoms with van der Waals surface area (Å²) in [5, 5.41) is 5.44. The maximum absolute atomic E-state index is 12.0. The molecule has 0 aliphatic carbocycles. The van der Waals surface area contributed by atoms with Crippen LogP contribution in [0.15, 0.2) is 18.3 Å². The van der Waals surface area contributed by atoms with E-state index in [0.717, 1.165) is 5.56 Å². The highest BCUT2D eigenvalue weighted by Crippen LogP contribution is 2.07. The topological polar surface area (TPSA) is 80.3 Å². The predicted octanol–water partition coefficient (Wildman–Crippen LogP) is 0.867. The molecule has 1 heterocycles. The quantitative estimate of drug-likeness (QED) is 0.809. The van der Waals surface area contributed by atoms with Crippen LogP contribution < -0.4 is 15.4 Å². The lowest BCUT2D eigenvalue weighted by Gasteiger charge is -2.20. The number of aromatic nitrogens is 1. The molecule has 0 radical (unpaired) electrons. The van der Waals surface area contributed by atoms with E-state index in [2.05, 4.69) is 15.6 Å². The maximum atomic E-state index is 12.0. The second kappa shape index (κ2) is 7.47.